The van der Waals surface area contributed by atoms with E-state index in [2.05, 4.69) is 11.8 Å². The first-order valence-corrected chi connectivity index (χ1v) is 5.76. The zero-order valence-corrected chi connectivity index (χ0v) is 9.19. The molecule has 3 atom stereocenters. The van der Waals surface area contributed by atoms with Crippen LogP contribution in [0.3, 0.4) is 0 Å². The summed E-state index contributed by atoms with van der Waals surface area (Å²) >= 11 is 0. The largest absolute Gasteiger partial charge is 0.480 e. The minimum Gasteiger partial charge on any atom is -0.480 e. The second kappa shape index (κ2) is 4.49. The van der Waals surface area contributed by atoms with E-state index in [1.165, 1.54) is 12.8 Å². The Morgan fingerprint density at radius 2 is 2.27 bits per heavy atom. The van der Waals surface area contributed by atoms with Crippen molar-refractivity contribution in [2.75, 3.05) is 19.8 Å². The maximum atomic E-state index is 11.1. The minimum absolute atomic E-state index is 0.346. The van der Waals surface area contributed by atoms with Crippen molar-refractivity contribution in [2.45, 2.75) is 38.3 Å². The number of carbonyl (C=O) groups is 1. The normalized spacial score (nSPS) is 38.1. The molecule has 0 aromatic rings. The topological polar surface area (TPSA) is 49.8 Å². The lowest BCUT2D eigenvalue weighted by molar-refractivity contribution is -0.152. The second-order valence-corrected chi connectivity index (χ2v) is 4.64. The summed E-state index contributed by atoms with van der Waals surface area (Å²) in [5.41, 5.74) is 0. The SMILES string of the molecule is CC1CCCC1N1CCOCC1C(=O)O. The molecule has 0 radical (unpaired) electrons. The third-order valence-corrected chi connectivity index (χ3v) is 3.70. The van der Waals surface area contributed by atoms with E-state index in [1.807, 2.05) is 0 Å². The zero-order chi connectivity index (χ0) is 10.8. The van der Waals surface area contributed by atoms with Gasteiger partial charge in [0.25, 0.3) is 0 Å². The molecule has 15 heavy (non-hydrogen) atoms. The Labute approximate surface area is 90.2 Å². The van der Waals surface area contributed by atoms with Crippen LogP contribution in [-0.2, 0) is 9.53 Å². The van der Waals surface area contributed by atoms with Crippen LogP contribution in [0, 0.1) is 5.92 Å². The molecule has 2 rings (SSSR count). The zero-order valence-electron chi connectivity index (χ0n) is 9.19. The lowest BCUT2D eigenvalue weighted by Crippen LogP contribution is -2.54. The Kier molecular flexibility index (Phi) is 3.26. The Hall–Kier alpha value is -0.610. The first-order chi connectivity index (χ1) is 7.20. The van der Waals surface area contributed by atoms with Gasteiger partial charge in [0.1, 0.15) is 6.04 Å². The number of carboxylic acids is 1. The fourth-order valence-electron chi connectivity index (χ4n) is 2.85. The van der Waals surface area contributed by atoms with Gasteiger partial charge in [0, 0.05) is 12.6 Å². The van der Waals surface area contributed by atoms with Crippen LogP contribution < -0.4 is 0 Å². The van der Waals surface area contributed by atoms with Crippen LogP contribution in [0.25, 0.3) is 0 Å². The molecule has 4 nitrogen and oxygen atoms in total. The van der Waals surface area contributed by atoms with Gasteiger partial charge in [0.05, 0.1) is 13.2 Å². The molecule has 1 N–H and O–H groups in total. The van der Waals surface area contributed by atoms with Crippen molar-refractivity contribution in [3.8, 4) is 0 Å². The van der Waals surface area contributed by atoms with Gasteiger partial charge in [-0.2, -0.15) is 0 Å². The number of morpholine rings is 1. The van der Waals surface area contributed by atoms with Gasteiger partial charge in [0.2, 0.25) is 0 Å². The van der Waals surface area contributed by atoms with Crippen molar-refractivity contribution >= 4 is 5.97 Å². The highest BCUT2D eigenvalue weighted by atomic mass is 16.5. The summed E-state index contributed by atoms with van der Waals surface area (Å²) in [6, 6.07) is 0.0271. The maximum absolute atomic E-state index is 11.1. The van der Waals surface area contributed by atoms with Crippen molar-refractivity contribution in [1.29, 1.82) is 0 Å². The third kappa shape index (κ3) is 2.16. The van der Waals surface area contributed by atoms with Crippen LogP contribution >= 0.6 is 0 Å². The molecule has 2 fully saturated rings. The van der Waals surface area contributed by atoms with Gasteiger partial charge in [-0.15, -0.1) is 0 Å². The molecule has 3 unspecified atom stereocenters. The molecule has 0 amide bonds. The lowest BCUT2D eigenvalue weighted by Gasteiger charge is -2.39. The summed E-state index contributed by atoms with van der Waals surface area (Å²) in [4.78, 5) is 13.2. The fourth-order valence-corrected chi connectivity index (χ4v) is 2.85. The molecule has 0 aromatic carbocycles. The van der Waals surface area contributed by atoms with Gasteiger partial charge in [-0.25, -0.2) is 0 Å². The van der Waals surface area contributed by atoms with Gasteiger partial charge in [-0.3, -0.25) is 9.69 Å². The van der Waals surface area contributed by atoms with E-state index in [0.717, 1.165) is 13.0 Å². The molecule has 2 aliphatic rings. The summed E-state index contributed by atoms with van der Waals surface area (Å²) in [7, 11) is 0. The number of nitrogens with zero attached hydrogens (tertiary/aromatic N) is 1. The first kappa shape index (κ1) is 10.9. The highest BCUT2D eigenvalue weighted by molar-refractivity contribution is 5.73. The van der Waals surface area contributed by atoms with Gasteiger partial charge in [0.15, 0.2) is 0 Å². The first-order valence-electron chi connectivity index (χ1n) is 5.76. The van der Waals surface area contributed by atoms with Crippen molar-refractivity contribution in [1.82, 2.24) is 4.90 Å². The molecular weight excluding hydrogens is 194 g/mol. The monoisotopic (exact) mass is 213 g/mol. The Morgan fingerprint density at radius 1 is 1.47 bits per heavy atom. The molecule has 0 aromatic heterocycles. The van der Waals surface area contributed by atoms with E-state index in [4.69, 9.17) is 9.84 Å². The van der Waals surface area contributed by atoms with Crippen LogP contribution in [0.2, 0.25) is 0 Å². The summed E-state index contributed by atoms with van der Waals surface area (Å²) in [6.07, 6.45) is 3.61. The molecular formula is C11H19NO3. The average Bonchev–Trinajstić information content (AvgIpc) is 2.64. The van der Waals surface area contributed by atoms with E-state index in [0.29, 0.717) is 25.2 Å². The highest BCUT2D eigenvalue weighted by Gasteiger charge is 2.38. The number of hydrogen-bond acceptors (Lipinski definition) is 3. The molecule has 1 heterocycles. The summed E-state index contributed by atoms with van der Waals surface area (Å²) in [5, 5.41) is 9.13. The van der Waals surface area contributed by atoms with E-state index < -0.39 is 12.0 Å². The van der Waals surface area contributed by atoms with Crippen molar-refractivity contribution in [3.63, 3.8) is 0 Å². The summed E-state index contributed by atoms with van der Waals surface area (Å²) in [5.74, 6) is -0.112. The van der Waals surface area contributed by atoms with Crippen LogP contribution in [0.4, 0.5) is 0 Å². The quantitative estimate of drug-likeness (QED) is 0.742. The molecule has 1 aliphatic carbocycles. The smallest absolute Gasteiger partial charge is 0.323 e. The van der Waals surface area contributed by atoms with Gasteiger partial charge in [-0.05, 0) is 18.8 Å². The molecule has 4 heteroatoms. The van der Waals surface area contributed by atoms with Gasteiger partial charge in [-0.1, -0.05) is 13.3 Å². The molecule has 1 aliphatic heterocycles. The van der Waals surface area contributed by atoms with E-state index >= 15 is 0 Å². The number of ether oxygens (including phenoxy) is 1. The molecule has 86 valence electrons. The van der Waals surface area contributed by atoms with E-state index in [1.54, 1.807) is 0 Å². The summed E-state index contributed by atoms with van der Waals surface area (Å²) < 4.78 is 5.25. The third-order valence-electron chi connectivity index (χ3n) is 3.70. The Bertz CT molecular complexity index is 244. The standard InChI is InChI=1S/C11H19NO3/c1-8-3-2-4-9(8)12-5-6-15-7-10(12)11(13)14/h8-10H,2-7H2,1H3,(H,13,14). The maximum Gasteiger partial charge on any atom is 0.323 e. The number of carboxylic acid groups (broad SMARTS) is 1. The van der Waals surface area contributed by atoms with Crippen molar-refractivity contribution in [3.05, 3.63) is 0 Å². The predicted octanol–water partition coefficient (Wildman–Crippen LogP) is 0.960. The average molecular weight is 213 g/mol. The van der Waals surface area contributed by atoms with Crippen LogP contribution in [0.5, 0.6) is 0 Å². The van der Waals surface area contributed by atoms with Gasteiger partial charge < -0.3 is 9.84 Å². The molecule has 0 bridgehead atoms. The van der Waals surface area contributed by atoms with Crippen LogP contribution in [-0.4, -0.2) is 47.8 Å². The van der Waals surface area contributed by atoms with Crippen molar-refractivity contribution in [2.24, 2.45) is 5.92 Å². The van der Waals surface area contributed by atoms with Gasteiger partial charge >= 0.3 is 5.97 Å². The van der Waals surface area contributed by atoms with E-state index in [-0.39, 0.29) is 0 Å². The number of aliphatic carboxylic acids is 1. The number of rotatable bonds is 2. The highest BCUT2D eigenvalue weighted by Crippen LogP contribution is 2.31. The fraction of sp³-hybridized carbons (Fsp3) is 0.909. The van der Waals surface area contributed by atoms with Crippen LogP contribution in [0.15, 0.2) is 0 Å². The summed E-state index contributed by atoms with van der Waals surface area (Å²) in [6.45, 7) is 4.02. The molecule has 0 spiro atoms. The van der Waals surface area contributed by atoms with Crippen LogP contribution in [0.1, 0.15) is 26.2 Å². The molecule has 1 saturated carbocycles. The van der Waals surface area contributed by atoms with E-state index in [9.17, 15) is 4.79 Å². The Morgan fingerprint density at radius 3 is 2.87 bits per heavy atom. The minimum atomic E-state index is -0.742. The second-order valence-electron chi connectivity index (χ2n) is 4.64. The lowest BCUT2D eigenvalue weighted by atomic mass is 10.0. The Balaban J connectivity index is 2.06. The molecule has 1 saturated heterocycles. The van der Waals surface area contributed by atoms with Crippen molar-refractivity contribution < 1.29 is 14.6 Å². The number of hydrogen-bond donors (Lipinski definition) is 1. The predicted molar refractivity (Wildman–Crippen MR) is 55.8 cm³/mol.